The number of likely N-dealkylation sites (tertiary alicyclic amines) is 1. The van der Waals surface area contributed by atoms with Gasteiger partial charge in [0.05, 0.1) is 0 Å². The van der Waals surface area contributed by atoms with Gasteiger partial charge in [-0.2, -0.15) is 0 Å². The summed E-state index contributed by atoms with van der Waals surface area (Å²) in [6.45, 7) is 2.38. The molecule has 3 aromatic rings. The topological polar surface area (TPSA) is 52.6 Å². The van der Waals surface area contributed by atoms with Crippen LogP contribution in [0.4, 0.5) is 14.5 Å². The fourth-order valence-corrected chi connectivity index (χ4v) is 4.83. The van der Waals surface area contributed by atoms with Crippen molar-refractivity contribution in [2.45, 2.75) is 31.3 Å². The molecule has 0 aromatic heterocycles. The summed E-state index contributed by atoms with van der Waals surface area (Å²) in [4.78, 5) is 14.5. The number of nitrogens with one attached hydrogen (secondary N) is 1. The minimum Gasteiger partial charge on any atom is -0.380 e. The summed E-state index contributed by atoms with van der Waals surface area (Å²) in [7, 11) is 0. The third-order valence-electron chi connectivity index (χ3n) is 6.68. The minimum atomic E-state index is -1.33. The first kappa shape index (κ1) is 24.0. The van der Waals surface area contributed by atoms with E-state index in [0.29, 0.717) is 17.5 Å². The van der Waals surface area contributed by atoms with Crippen LogP contribution in [-0.2, 0) is 10.4 Å². The molecule has 1 aliphatic heterocycles. The van der Waals surface area contributed by atoms with Crippen molar-refractivity contribution < 1.29 is 18.7 Å². The second-order valence-electron chi connectivity index (χ2n) is 8.91. The Labute approximate surface area is 199 Å². The van der Waals surface area contributed by atoms with Crippen LogP contribution in [0.15, 0.2) is 78.9 Å². The van der Waals surface area contributed by atoms with Gasteiger partial charge in [0.25, 0.3) is 0 Å². The van der Waals surface area contributed by atoms with E-state index in [-0.39, 0.29) is 23.5 Å². The lowest BCUT2D eigenvalue weighted by molar-refractivity contribution is -0.116. The molecule has 2 N–H and O–H groups in total. The number of aliphatic hydroxyl groups is 1. The number of amides is 1. The summed E-state index contributed by atoms with van der Waals surface area (Å²) in [6.07, 6.45) is 2.68. The van der Waals surface area contributed by atoms with Gasteiger partial charge in [-0.15, -0.1) is 0 Å². The summed E-state index contributed by atoms with van der Waals surface area (Å²) in [6, 6.07) is 21.2. The van der Waals surface area contributed by atoms with Gasteiger partial charge in [-0.25, -0.2) is 8.78 Å². The molecule has 0 unspecified atom stereocenters. The molecule has 1 aliphatic rings. The maximum Gasteiger partial charge on any atom is 0.224 e. The van der Waals surface area contributed by atoms with Crippen molar-refractivity contribution >= 4 is 11.6 Å². The van der Waals surface area contributed by atoms with Crippen LogP contribution in [0.25, 0.3) is 0 Å². The number of piperidine rings is 1. The van der Waals surface area contributed by atoms with Crippen molar-refractivity contribution in [3.63, 3.8) is 0 Å². The van der Waals surface area contributed by atoms with Crippen molar-refractivity contribution in [1.29, 1.82) is 0 Å². The molecule has 3 aromatic carbocycles. The van der Waals surface area contributed by atoms with E-state index in [1.165, 1.54) is 24.3 Å². The summed E-state index contributed by atoms with van der Waals surface area (Å²) in [5, 5.41) is 14.8. The van der Waals surface area contributed by atoms with Gasteiger partial charge in [-0.05, 0) is 92.3 Å². The molecule has 0 radical (unpaired) electrons. The maximum atomic E-state index is 13.6. The number of para-hydroxylation sites is 1. The molecule has 0 spiro atoms. The fourth-order valence-electron chi connectivity index (χ4n) is 4.83. The Morgan fingerprint density at radius 1 is 0.882 bits per heavy atom. The van der Waals surface area contributed by atoms with Gasteiger partial charge in [0, 0.05) is 12.1 Å². The highest BCUT2D eigenvalue weighted by Crippen LogP contribution is 2.42. The number of anilines is 1. The van der Waals surface area contributed by atoms with Crippen LogP contribution >= 0.6 is 0 Å². The first-order valence-corrected chi connectivity index (χ1v) is 11.8. The van der Waals surface area contributed by atoms with Gasteiger partial charge in [-0.3, -0.25) is 4.79 Å². The van der Waals surface area contributed by atoms with E-state index in [1.807, 2.05) is 30.3 Å². The molecule has 4 nitrogen and oxygen atoms in total. The number of nitrogens with zero attached hydrogens (tertiary/aromatic N) is 1. The lowest BCUT2D eigenvalue weighted by Crippen LogP contribution is -2.44. The Morgan fingerprint density at radius 2 is 1.41 bits per heavy atom. The summed E-state index contributed by atoms with van der Waals surface area (Å²) >= 11 is 0. The molecule has 0 saturated carbocycles. The van der Waals surface area contributed by atoms with Gasteiger partial charge >= 0.3 is 0 Å². The molecule has 0 bridgehead atoms. The van der Waals surface area contributed by atoms with Crippen molar-refractivity contribution in [2.75, 3.05) is 25.0 Å². The van der Waals surface area contributed by atoms with E-state index >= 15 is 0 Å². The monoisotopic (exact) mass is 464 g/mol. The zero-order valence-corrected chi connectivity index (χ0v) is 19.1. The first-order chi connectivity index (χ1) is 16.4. The molecule has 34 heavy (non-hydrogen) atoms. The number of hydrogen-bond donors (Lipinski definition) is 2. The molecular weight excluding hydrogens is 434 g/mol. The number of carbonyl (C=O) groups is 1. The zero-order valence-electron chi connectivity index (χ0n) is 19.1. The molecule has 0 aliphatic carbocycles. The Kier molecular flexibility index (Phi) is 7.70. The Bertz CT molecular complexity index is 1020. The number of carbonyl (C=O) groups excluding carboxylic acids is 1. The lowest BCUT2D eigenvalue weighted by Gasteiger charge is -2.42. The summed E-state index contributed by atoms with van der Waals surface area (Å²) < 4.78 is 27.1. The van der Waals surface area contributed by atoms with E-state index in [4.69, 9.17) is 0 Å². The third-order valence-corrected chi connectivity index (χ3v) is 6.68. The SMILES string of the molecule is O=C(CCCN1CCC(C(O)(c2ccc(F)cc2)c2ccc(F)cc2)CC1)Nc1ccccc1. The van der Waals surface area contributed by atoms with Crippen LogP contribution in [0, 0.1) is 17.6 Å². The van der Waals surface area contributed by atoms with Crippen molar-refractivity contribution in [3.05, 3.63) is 102 Å². The normalized spacial score (nSPS) is 15.3. The predicted octanol–water partition coefficient (Wildman–Crippen LogP) is 5.33. The van der Waals surface area contributed by atoms with Gasteiger partial charge < -0.3 is 15.3 Å². The lowest BCUT2D eigenvalue weighted by atomic mass is 9.72. The Hall–Kier alpha value is -3.09. The Balaban J connectivity index is 1.36. The van der Waals surface area contributed by atoms with Crippen LogP contribution in [0.5, 0.6) is 0 Å². The third kappa shape index (κ3) is 5.69. The van der Waals surface area contributed by atoms with Crippen LogP contribution in [0.1, 0.15) is 36.8 Å². The van der Waals surface area contributed by atoms with E-state index < -0.39 is 5.60 Å². The number of hydrogen-bond acceptors (Lipinski definition) is 3. The molecular formula is C28H30F2N2O2. The largest absolute Gasteiger partial charge is 0.380 e. The summed E-state index contributed by atoms with van der Waals surface area (Å²) in [5.74, 6) is -0.822. The van der Waals surface area contributed by atoms with E-state index in [1.54, 1.807) is 24.3 Å². The molecule has 1 saturated heterocycles. The van der Waals surface area contributed by atoms with Gasteiger partial charge in [-0.1, -0.05) is 42.5 Å². The first-order valence-electron chi connectivity index (χ1n) is 11.8. The van der Waals surface area contributed by atoms with Gasteiger partial charge in [0.2, 0.25) is 5.91 Å². The number of rotatable bonds is 8. The van der Waals surface area contributed by atoms with E-state index in [0.717, 1.165) is 44.6 Å². The highest BCUT2D eigenvalue weighted by Gasteiger charge is 2.41. The standard InChI is InChI=1S/C28H30F2N2O2/c29-24-12-8-21(9-13-24)28(34,22-10-14-25(30)15-11-22)23-16-19-32(20-17-23)18-4-7-27(33)31-26-5-2-1-3-6-26/h1-3,5-6,8-15,23,34H,4,7,16-20H2,(H,31,33). The van der Waals surface area contributed by atoms with E-state index in [2.05, 4.69) is 10.2 Å². The highest BCUT2D eigenvalue weighted by atomic mass is 19.1. The van der Waals surface area contributed by atoms with Gasteiger partial charge in [0.1, 0.15) is 17.2 Å². The van der Waals surface area contributed by atoms with Crippen molar-refractivity contribution in [3.8, 4) is 0 Å². The van der Waals surface area contributed by atoms with Crippen LogP contribution in [0.2, 0.25) is 0 Å². The highest BCUT2D eigenvalue weighted by molar-refractivity contribution is 5.90. The molecule has 1 heterocycles. The molecule has 1 fully saturated rings. The van der Waals surface area contributed by atoms with Crippen molar-refractivity contribution in [2.24, 2.45) is 5.92 Å². The predicted molar refractivity (Wildman–Crippen MR) is 129 cm³/mol. The molecule has 6 heteroatoms. The van der Waals surface area contributed by atoms with Crippen LogP contribution in [-0.4, -0.2) is 35.5 Å². The molecule has 0 atom stereocenters. The summed E-state index contributed by atoms with van der Waals surface area (Å²) in [5.41, 5.74) is 0.686. The molecule has 178 valence electrons. The average molecular weight is 465 g/mol. The number of halogens is 2. The molecule has 4 rings (SSSR count). The Morgan fingerprint density at radius 3 is 1.94 bits per heavy atom. The number of benzene rings is 3. The second-order valence-corrected chi connectivity index (χ2v) is 8.91. The van der Waals surface area contributed by atoms with Crippen LogP contribution in [0.3, 0.4) is 0 Å². The minimum absolute atomic E-state index is 0.00285. The van der Waals surface area contributed by atoms with Crippen molar-refractivity contribution in [1.82, 2.24) is 4.90 Å². The fraction of sp³-hybridized carbons (Fsp3) is 0.321. The van der Waals surface area contributed by atoms with Crippen LogP contribution < -0.4 is 5.32 Å². The zero-order chi connectivity index (χ0) is 24.0. The smallest absolute Gasteiger partial charge is 0.224 e. The molecule has 1 amide bonds. The second kappa shape index (κ2) is 10.9. The quantitative estimate of drug-likeness (QED) is 0.474. The van der Waals surface area contributed by atoms with E-state index in [9.17, 15) is 18.7 Å². The average Bonchev–Trinajstić information content (AvgIpc) is 2.85. The maximum absolute atomic E-state index is 13.6. The van der Waals surface area contributed by atoms with Gasteiger partial charge in [0.15, 0.2) is 0 Å².